The van der Waals surface area contributed by atoms with Gasteiger partial charge in [-0.3, -0.25) is 4.55 Å². The number of quaternary nitrogens is 1. The van der Waals surface area contributed by atoms with E-state index in [4.69, 9.17) is 4.55 Å². The van der Waals surface area contributed by atoms with Gasteiger partial charge in [-0.25, -0.2) is 4.39 Å². The maximum absolute atomic E-state index is 14.5. The Kier molecular flexibility index (Phi) is 7.64. The van der Waals surface area contributed by atoms with Crippen LogP contribution in [0.25, 0.3) is 0 Å². The summed E-state index contributed by atoms with van der Waals surface area (Å²) in [6.07, 6.45) is -3.66. The summed E-state index contributed by atoms with van der Waals surface area (Å²) in [6, 6.07) is 0. The van der Waals surface area contributed by atoms with Crippen LogP contribution >= 0.6 is 0 Å². The van der Waals surface area contributed by atoms with Crippen molar-refractivity contribution in [2.75, 3.05) is 32.9 Å². The molecule has 1 saturated carbocycles. The molecule has 0 aliphatic heterocycles. The van der Waals surface area contributed by atoms with Crippen LogP contribution in [0.4, 0.5) is 48.3 Å². The first-order valence-corrected chi connectivity index (χ1v) is 10.9. The van der Waals surface area contributed by atoms with Crippen molar-refractivity contribution < 1.29 is 65.7 Å². The topological polar surface area (TPSA) is 54.4 Å². The Bertz CT molecular complexity index is 754. The number of rotatable bonds is 10. The Morgan fingerprint density at radius 2 is 1.00 bits per heavy atom. The van der Waals surface area contributed by atoms with Gasteiger partial charge < -0.3 is 4.48 Å². The second-order valence-corrected chi connectivity index (χ2v) is 10.1. The van der Waals surface area contributed by atoms with Crippen LogP contribution in [0.3, 0.4) is 0 Å². The number of hydrogen-bond donors (Lipinski definition) is 1. The third-order valence-electron chi connectivity index (χ3n) is 5.52. The molecule has 0 spiro atoms. The van der Waals surface area contributed by atoms with Crippen molar-refractivity contribution in [3.05, 3.63) is 0 Å². The van der Waals surface area contributed by atoms with Crippen molar-refractivity contribution >= 4 is 10.1 Å². The van der Waals surface area contributed by atoms with Crippen LogP contribution in [0.1, 0.15) is 32.1 Å². The van der Waals surface area contributed by atoms with Crippen LogP contribution in [0.2, 0.25) is 0 Å². The van der Waals surface area contributed by atoms with Gasteiger partial charge in [-0.15, -0.1) is 0 Å². The van der Waals surface area contributed by atoms with E-state index in [1.807, 2.05) is 0 Å². The van der Waals surface area contributed by atoms with Crippen LogP contribution < -0.4 is 0 Å². The van der Waals surface area contributed by atoms with Crippen molar-refractivity contribution in [2.45, 2.75) is 67.4 Å². The highest BCUT2D eigenvalue weighted by atomic mass is 32.2. The molecule has 1 N–H and O–H groups in total. The lowest BCUT2D eigenvalue weighted by molar-refractivity contribution is -0.890. The van der Waals surface area contributed by atoms with Gasteiger partial charge in [0.15, 0.2) is 0 Å². The first-order valence-electron chi connectivity index (χ1n) is 9.26. The zero-order chi connectivity index (χ0) is 25.7. The summed E-state index contributed by atoms with van der Waals surface area (Å²) in [5.41, 5.74) is -5.94. The molecule has 32 heavy (non-hydrogen) atoms. The van der Waals surface area contributed by atoms with E-state index in [1.54, 1.807) is 14.1 Å². The van der Waals surface area contributed by atoms with Crippen LogP contribution in [0.15, 0.2) is 0 Å². The molecule has 192 valence electrons. The van der Waals surface area contributed by atoms with E-state index in [9.17, 15) is 56.7 Å². The summed E-state index contributed by atoms with van der Waals surface area (Å²) in [5.74, 6) is -35.5. The summed E-state index contributed by atoms with van der Waals surface area (Å²) in [7, 11) is -1.09. The SMILES string of the molecule is C[N+](C)(CCCCCC1(F)C(F)(F)C(F)(F)C(F)(F)C(F)(F)C1(F)F)CCCS(=O)(=O)O. The maximum atomic E-state index is 14.5. The maximum Gasteiger partial charge on any atom is 0.384 e. The minimum absolute atomic E-state index is 0.0102. The van der Waals surface area contributed by atoms with E-state index in [0.717, 1.165) is 0 Å². The van der Waals surface area contributed by atoms with Gasteiger partial charge in [0.05, 0.1) is 32.9 Å². The first kappa shape index (κ1) is 29.1. The predicted octanol–water partition coefficient (Wildman–Crippen LogP) is 4.80. The molecule has 1 aliphatic carbocycles. The van der Waals surface area contributed by atoms with E-state index >= 15 is 0 Å². The van der Waals surface area contributed by atoms with E-state index in [-0.39, 0.29) is 36.8 Å². The molecule has 0 aromatic heterocycles. The highest BCUT2D eigenvalue weighted by Gasteiger charge is 3.00. The Morgan fingerprint density at radius 1 is 0.625 bits per heavy atom. The second-order valence-electron chi connectivity index (χ2n) is 8.51. The van der Waals surface area contributed by atoms with E-state index in [2.05, 4.69) is 0 Å². The first-order chi connectivity index (χ1) is 13.9. The monoisotopic (exact) mass is 518 g/mol. The summed E-state index contributed by atoms with van der Waals surface area (Å²) < 4.78 is 180. The smallest absolute Gasteiger partial charge is 0.328 e. The minimum Gasteiger partial charge on any atom is -0.328 e. The average molecular weight is 518 g/mol. The van der Waals surface area contributed by atoms with Gasteiger partial charge in [0.25, 0.3) is 10.1 Å². The molecule has 0 heterocycles. The second kappa shape index (κ2) is 8.40. The Balaban J connectivity index is 2.87. The van der Waals surface area contributed by atoms with E-state index in [1.165, 1.54) is 0 Å². The number of alkyl halides is 11. The average Bonchev–Trinajstić information content (AvgIpc) is 2.57. The van der Waals surface area contributed by atoms with Gasteiger partial charge >= 0.3 is 29.6 Å². The molecule has 0 amide bonds. The Morgan fingerprint density at radius 3 is 1.41 bits per heavy atom. The van der Waals surface area contributed by atoms with E-state index in [0.29, 0.717) is 0 Å². The molecule has 0 saturated heterocycles. The molecule has 1 fully saturated rings. The van der Waals surface area contributed by atoms with Crippen molar-refractivity contribution in [3.63, 3.8) is 0 Å². The minimum atomic E-state index is -7.20. The molecular weight excluding hydrogens is 495 g/mol. The molecule has 0 aromatic carbocycles. The zero-order valence-corrected chi connectivity index (χ0v) is 17.8. The van der Waals surface area contributed by atoms with Gasteiger partial charge in [-0.2, -0.15) is 52.3 Å². The quantitative estimate of drug-likeness (QED) is 0.196. The molecule has 1 rings (SSSR count). The lowest BCUT2D eigenvalue weighted by Crippen LogP contribution is -2.83. The lowest BCUT2D eigenvalue weighted by atomic mass is 9.70. The van der Waals surface area contributed by atoms with Gasteiger partial charge in [-0.1, -0.05) is 0 Å². The fourth-order valence-corrected chi connectivity index (χ4v) is 3.97. The molecule has 0 radical (unpaired) electrons. The number of unbranched alkanes of at least 4 members (excludes halogenated alkanes) is 2. The molecule has 0 atom stereocenters. The van der Waals surface area contributed by atoms with Crippen LogP contribution in [-0.2, 0) is 10.1 Å². The fraction of sp³-hybridized carbons (Fsp3) is 1.00. The summed E-state index contributed by atoms with van der Waals surface area (Å²) in [6.45, 7) is 0.304. The van der Waals surface area contributed by atoms with E-state index < -0.39 is 64.0 Å². The summed E-state index contributed by atoms with van der Waals surface area (Å²) >= 11 is 0. The molecule has 0 unspecified atom stereocenters. The third-order valence-corrected chi connectivity index (χ3v) is 6.33. The molecule has 0 bridgehead atoms. The van der Waals surface area contributed by atoms with Gasteiger partial charge in [0.2, 0.25) is 5.67 Å². The Hall–Kier alpha value is -0.900. The summed E-state index contributed by atoms with van der Waals surface area (Å²) in [4.78, 5) is 0. The van der Waals surface area contributed by atoms with Crippen LogP contribution in [0.5, 0.6) is 0 Å². The van der Waals surface area contributed by atoms with Gasteiger partial charge in [-0.05, 0) is 25.7 Å². The number of nitrogens with zero attached hydrogens (tertiary/aromatic N) is 1. The largest absolute Gasteiger partial charge is 0.384 e. The van der Waals surface area contributed by atoms with Crippen LogP contribution in [0, 0.1) is 0 Å². The third kappa shape index (κ3) is 4.55. The molecular formula is C16H23F11NO3S+. The zero-order valence-electron chi connectivity index (χ0n) is 16.9. The van der Waals surface area contributed by atoms with Crippen molar-refractivity contribution in [2.24, 2.45) is 0 Å². The van der Waals surface area contributed by atoms with Crippen molar-refractivity contribution in [1.82, 2.24) is 0 Å². The van der Waals surface area contributed by atoms with Crippen molar-refractivity contribution in [1.29, 1.82) is 0 Å². The number of halogens is 11. The Labute approximate surface area is 177 Å². The molecule has 1 aliphatic rings. The lowest BCUT2D eigenvalue weighted by Gasteiger charge is -2.52. The van der Waals surface area contributed by atoms with Crippen molar-refractivity contribution in [3.8, 4) is 0 Å². The van der Waals surface area contributed by atoms with Gasteiger partial charge in [0, 0.05) is 6.42 Å². The predicted molar refractivity (Wildman–Crippen MR) is 89.9 cm³/mol. The standard InChI is InChI=1S/C16H22F11NO3S/c1-28(2,9-6-10-32(29,30)31)8-5-3-4-7-11(17)12(18,19)14(22,23)16(26,27)15(24,25)13(11,20)21/h3-10H2,1-2H3/p+1. The molecule has 16 heteroatoms. The summed E-state index contributed by atoms with van der Waals surface area (Å²) in [5, 5.41) is 0. The number of hydrogen-bond acceptors (Lipinski definition) is 2. The normalized spacial score (nSPS) is 25.4. The van der Waals surface area contributed by atoms with Gasteiger partial charge in [0.1, 0.15) is 0 Å². The highest BCUT2D eigenvalue weighted by molar-refractivity contribution is 7.85. The highest BCUT2D eigenvalue weighted by Crippen LogP contribution is 2.70. The molecule has 0 aromatic rings. The molecule has 4 nitrogen and oxygen atoms in total. The fourth-order valence-electron chi connectivity index (χ4n) is 3.47. The van der Waals surface area contributed by atoms with Crippen LogP contribution in [-0.4, -0.2) is 85.7 Å².